The maximum absolute atomic E-state index is 12.9. The number of ether oxygens (including phenoxy) is 1. The Balaban J connectivity index is 1.32. The third kappa shape index (κ3) is 3.62. The number of fused-ring (bicyclic) bond motifs is 2. The van der Waals surface area contributed by atoms with Gasteiger partial charge in [0, 0.05) is 55.6 Å². The van der Waals surface area contributed by atoms with E-state index in [4.69, 9.17) is 4.74 Å². The normalized spacial score (nSPS) is 15.9. The first-order valence-corrected chi connectivity index (χ1v) is 12.6. The minimum absolute atomic E-state index is 0.0103. The third-order valence-electron chi connectivity index (χ3n) is 6.81. The number of benzene rings is 1. The van der Waals surface area contributed by atoms with E-state index in [0.29, 0.717) is 22.4 Å². The molecule has 1 N–H and O–H groups in total. The van der Waals surface area contributed by atoms with Gasteiger partial charge in [0.25, 0.3) is 11.8 Å². The Kier molecular flexibility index (Phi) is 5.06. The largest absolute Gasteiger partial charge is 0.456 e. The van der Waals surface area contributed by atoms with Crippen LogP contribution < -0.4 is 10.1 Å². The fourth-order valence-corrected chi connectivity index (χ4v) is 5.72. The number of pyridine rings is 1. The Morgan fingerprint density at radius 2 is 1.94 bits per heavy atom. The van der Waals surface area contributed by atoms with Crippen molar-refractivity contribution in [3.8, 4) is 11.5 Å². The summed E-state index contributed by atoms with van der Waals surface area (Å²) in [5.41, 5.74) is 3.36. The Hall–Kier alpha value is -3.39. The highest BCUT2D eigenvalue weighted by atomic mass is 32.1. The Morgan fingerprint density at radius 1 is 1.15 bits per heavy atom. The minimum atomic E-state index is -0.0103. The number of likely N-dealkylation sites (tertiary alicyclic amines) is 1. The molecule has 0 bridgehead atoms. The molecule has 0 spiro atoms. The highest BCUT2D eigenvalue weighted by Gasteiger charge is 2.27. The van der Waals surface area contributed by atoms with Crippen LogP contribution in [0.25, 0.3) is 21.1 Å². The first-order chi connectivity index (χ1) is 16.5. The summed E-state index contributed by atoms with van der Waals surface area (Å²) in [7, 11) is 1.97. The second-order valence-corrected chi connectivity index (χ2v) is 10.2. The van der Waals surface area contributed by atoms with Gasteiger partial charge in [-0.25, -0.2) is 0 Å². The number of thiophene rings is 1. The second kappa shape index (κ2) is 8.13. The van der Waals surface area contributed by atoms with Crippen LogP contribution in [0.4, 0.5) is 0 Å². The molecule has 6 rings (SSSR count). The van der Waals surface area contributed by atoms with E-state index < -0.39 is 0 Å². The van der Waals surface area contributed by atoms with Gasteiger partial charge in [-0.1, -0.05) is 0 Å². The number of amides is 2. The van der Waals surface area contributed by atoms with Gasteiger partial charge in [0.05, 0.1) is 26.2 Å². The molecule has 34 heavy (non-hydrogen) atoms. The van der Waals surface area contributed by atoms with Crippen molar-refractivity contribution in [2.45, 2.75) is 38.6 Å². The van der Waals surface area contributed by atoms with Crippen molar-refractivity contribution in [1.29, 1.82) is 0 Å². The molecule has 2 amide bonds. The predicted octanol–water partition coefficient (Wildman–Crippen LogP) is 5.02. The minimum Gasteiger partial charge on any atom is -0.456 e. The number of carbonyl (C=O) groups is 2. The molecule has 4 heterocycles. The zero-order chi connectivity index (χ0) is 23.4. The molecule has 0 atom stereocenters. The lowest BCUT2D eigenvalue weighted by Crippen LogP contribution is -2.26. The highest BCUT2D eigenvalue weighted by Crippen LogP contribution is 2.37. The van der Waals surface area contributed by atoms with E-state index in [1.165, 1.54) is 11.3 Å². The first-order valence-electron chi connectivity index (χ1n) is 11.7. The van der Waals surface area contributed by atoms with E-state index in [2.05, 4.69) is 10.3 Å². The lowest BCUT2D eigenvalue weighted by molar-refractivity contribution is 0.0797. The summed E-state index contributed by atoms with van der Waals surface area (Å²) in [6.07, 6.45) is 5.95. The molecule has 174 valence electrons. The van der Waals surface area contributed by atoms with E-state index >= 15 is 0 Å². The summed E-state index contributed by atoms with van der Waals surface area (Å²) < 4.78 is 9.18. The smallest absolute Gasteiger partial charge is 0.264 e. The van der Waals surface area contributed by atoms with E-state index in [9.17, 15) is 9.59 Å². The van der Waals surface area contributed by atoms with Gasteiger partial charge >= 0.3 is 0 Å². The number of carbonyl (C=O) groups excluding carboxylic acids is 2. The van der Waals surface area contributed by atoms with Crippen LogP contribution in [0.15, 0.2) is 36.5 Å². The van der Waals surface area contributed by atoms with Crippen molar-refractivity contribution in [2.75, 3.05) is 13.1 Å². The number of aromatic nitrogens is 2. The molecule has 3 aromatic heterocycles. The van der Waals surface area contributed by atoms with Crippen LogP contribution in [0.1, 0.15) is 51.4 Å². The van der Waals surface area contributed by atoms with Gasteiger partial charge in [0.15, 0.2) is 0 Å². The lowest BCUT2D eigenvalue weighted by atomic mass is 10.1. The Bertz CT molecular complexity index is 1440. The summed E-state index contributed by atoms with van der Waals surface area (Å²) >= 11 is 1.43. The van der Waals surface area contributed by atoms with Crippen LogP contribution in [-0.4, -0.2) is 45.4 Å². The van der Waals surface area contributed by atoms with Crippen molar-refractivity contribution in [3.63, 3.8) is 0 Å². The second-order valence-electron chi connectivity index (χ2n) is 9.18. The first kappa shape index (κ1) is 21.2. The molecule has 8 heteroatoms. The quantitative estimate of drug-likeness (QED) is 0.441. The molecule has 1 saturated heterocycles. The van der Waals surface area contributed by atoms with Crippen molar-refractivity contribution in [2.24, 2.45) is 7.05 Å². The average Bonchev–Trinajstić information content (AvgIpc) is 3.24. The molecule has 1 aliphatic carbocycles. The zero-order valence-electron chi connectivity index (χ0n) is 19.3. The van der Waals surface area contributed by atoms with Crippen LogP contribution in [0.2, 0.25) is 0 Å². The maximum atomic E-state index is 12.9. The number of hydrogen-bond donors (Lipinski definition) is 1. The molecule has 0 radical (unpaired) electrons. The fourth-order valence-electron chi connectivity index (χ4n) is 4.68. The number of aryl methyl sites for hydroxylation is 1. The summed E-state index contributed by atoms with van der Waals surface area (Å²) in [4.78, 5) is 32.7. The molecule has 7 nitrogen and oxygen atoms in total. The lowest BCUT2D eigenvalue weighted by Gasteiger charge is -2.13. The summed E-state index contributed by atoms with van der Waals surface area (Å²) in [5, 5.41) is 4.02. The molecule has 1 saturated carbocycles. The Morgan fingerprint density at radius 3 is 2.71 bits per heavy atom. The molecular weight excluding hydrogens is 448 g/mol. The van der Waals surface area contributed by atoms with Crippen LogP contribution in [0, 0.1) is 6.92 Å². The zero-order valence-corrected chi connectivity index (χ0v) is 20.1. The summed E-state index contributed by atoms with van der Waals surface area (Å²) in [6, 6.07) is 9.82. The van der Waals surface area contributed by atoms with E-state index in [0.717, 1.165) is 71.1 Å². The number of nitrogens with zero attached hydrogens (tertiary/aromatic N) is 3. The van der Waals surface area contributed by atoms with Gasteiger partial charge in [-0.2, -0.15) is 0 Å². The SMILES string of the molecule is Cc1c(C(=O)NC2CC2)c2ccc(Oc3ccnc4cc(C(=O)N5CCCC5)sc34)cc2n1C. The van der Waals surface area contributed by atoms with Gasteiger partial charge < -0.3 is 19.5 Å². The molecule has 0 unspecified atom stereocenters. The standard InChI is InChI=1S/C26H26N4O3S/c1-15-23(25(31)28-16-5-6-16)18-8-7-17(13-20(18)29(15)2)33-21-9-10-27-19-14-22(34-24(19)21)26(32)30-11-3-4-12-30/h7-10,13-14,16H,3-6,11-12H2,1-2H3,(H,28,31). The van der Waals surface area contributed by atoms with E-state index in [1.54, 1.807) is 6.20 Å². The van der Waals surface area contributed by atoms with Crippen LogP contribution in [0.5, 0.6) is 11.5 Å². The van der Waals surface area contributed by atoms with Crippen LogP contribution >= 0.6 is 11.3 Å². The van der Waals surface area contributed by atoms with Crippen LogP contribution in [-0.2, 0) is 7.05 Å². The van der Waals surface area contributed by atoms with Crippen LogP contribution in [0.3, 0.4) is 0 Å². The van der Waals surface area contributed by atoms with E-state index in [-0.39, 0.29) is 11.8 Å². The van der Waals surface area contributed by atoms with Gasteiger partial charge in [0.1, 0.15) is 11.5 Å². The number of nitrogens with one attached hydrogen (secondary N) is 1. The highest BCUT2D eigenvalue weighted by molar-refractivity contribution is 7.21. The summed E-state index contributed by atoms with van der Waals surface area (Å²) in [5.74, 6) is 1.41. The van der Waals surface area contributed by atoms with E-state index in [1.807, 2.05) is 53.8 Å². The van der Waals surface area contributed by atoms with Crippen molar-refractivity contribution >= 4 is 44.3 Å². The van der Waals surface area contributed by atoms with Crippen molar-refractivity contribution < 1.29 is 14.3 Å². The Labute approximate surface area is 201 Å². The summed E-state index contributed by atoms with van der Waals surface area (Å²) in [6.45, 7) is 3.61. The van der Waals surface area contributed by atoms with Gasteiger partial charge in [-0.05, 0) is 50.8 Å². The molecule has 2 aliphatic rings. The molecule has 4 aromatic rings. The van der Waals surface area contributed by atoms with Gasteiger partial charge in [-0.15, -0.1) is 11.3 Å². The topological polar surface area (TPSA) is 76.5 Å². The van der Waals surface area contributed by atoms with Crippen molar-refractivity contribution in [1.82, 2.24) is 19.8 Å². The molecular formula is C26H26N4O3S. The number of rotatable bonds is 5. The predicted molar refractivity (Wildman–Crippen MR) is 133 cm³/mol. The fraction of sp³-hybridized carbons (Fsp3) is 0.346. The monoisotopic (exact) mass is 474 g/mol. The maximum Gasteiger partial charge on any atom is 0.264 e. The van der Waals surface area contributed by atoms with Gasteiger partial charge in [-0.3, -0.25) is 14.6 Å². The number of hydrogen-bond acceptors (Lipinski definition) is 5. The molecule has 1 aliphatic heterocycles. The molecule has 1 aromatic carbocycles. The third-order valence-corrected chi connectivity index (χ3v) is 7.94. The average molecular weight is 475 g/mol. The van der Waals surface area contributed by atoms with Crippen molar-refractivity contribution in [3.05, 3.63) is 52.7 Å². The van der Waals surface area contributed by atoms with Gasteiger partial charge in [0.2, 0.25) is 0 Å². The molecule has 2 fully saturated rings.